The molecule has 0 bridgehead atoms. The number of nitrogens with two attached hydrogens (primary N) is 1. The average Bonchev–Trinajstić information content (AvgIpc) is 2.83. The Balaban J connectivity index is 2.44. The number of amides is 1. The van der Waals surface area contributed by atoms with Gasteiger partial charge in [0.2, 0.25) is 5.91 Å². The number of carbonyl (C=O) groups is 1. The molecule has 3 N–H and O–H groups in total. The van der Waals surface area contributed by atoms with Crippen LogP contribution >= 0.6 is 11.8 Å². The molecule has 1 unspecified atom stereocenters. The van der Waals surface area contributed by atoms with Gasteiger partial charge in [-0.25, -0.2) is 5.01 Å². The van der Waals surface area contributed by atoms with Crippen molar-refractivity contribution in [3.8, 4) is 0 Å². The van der Waals surface area contributed by atoms with Crippen LogP contribution in [0.2, 0.25) is 0 Å². The van der Waals surface area contributed by atoms with E-state index in [1.807, 2.05) is 44.3 Å². The summed E-state index contributed by atoms with van der Waals surface area (Å²) in [7, 11) is 1.90. The smallest absolute Gasteiger partial charge is 0.244 e. The summed E-state index contributed by atoms with van der Waals surface area (Å²) >= 11 is 1.45. The molecule has 0 aromatic heterocycles. The molecule has 1 aliphatic rings. The molecule has 5 nitrogen and oxygen atoms in total. The summed E-state index contributed by atoms with van der Waals surface area (Å²) < 4.78 is 0. The first-order chi connectivity index (χ1) is 9.64. The number of rotatable bonds is 5. The molecular weight excluding hydrogens is 272 g/mol. The lowest BCUT2D eigenvalue weighted by Gasteiger charge is -2.35. The van der Waals surface area contributed by atoms with Gasteiger partial charge in [-0.2, -0.15) is 0 Å². The van der Waals surface area contributed by atoms with Gasteiger partial charge < -0.3 is 11.1 Å². The van der Waals surface area contributed by atoms with Crippen LogP contribution in [0.5, 0.6) is 0 Å². The third-order valence-corrected chi connectivity index (χ3v) is 4.53. The van der Waals surface area contributed by atoms with Gasteiger partial charge in [0, 0.05) is 6.42 Å². The van der Waals surface area contributed by atoms with Gasteiger partial charge in [-0.15, -0.1) is 5.10 Å². The molecule has 108 valence electrons. The van der Waals surface area contributed by atoms with E-state index in [0.29, 0.717) is 11.6 Å². The second-order valence-corrected chi connectivity index (χ2v) is 5.90. The summed E-state index contributed by atoms with van der Waals surface area (Å²) in [5.41, 5.74) is 6.95. The predicted octanol–water partition coefficient (Wildman–Crippen LogP) is 1.66. The van der Waals surface area contributed by atoms with E-state index in [4.69, 9.17) is 5.73 Å². The second kappa shape index (κ2) is 6.28. The third kappa shape index (κ3) is 2.66. The van der Waals surface area contributed by atoms with Gasteiger partial charge in [0.25, 0.3) is 0 Å². The number of carbonyl (C=O) groups excluding carboxylic acids is 1. The maximum Gasteiger partial charge on any atom is 0.244 e. The molecule has 0 saturated heterocycles. The predicted molar refractivity (Wildman–Crippen MR) is 83.0 cm³/mol. The van der Waals surface area contributed by atoms with Gasteiger partial charge in [0.1, 0.15) is 4.87 Å². The minimum absolute atomic E-state index is 0.0158. The van der Waals surface area contributed by atoms with Gasteiger partial charge >= 0.3 is 0 Å². The van der Waals surface area contributed by atoms with Crippen LogP contribution in [0.15, 0.2) is 35.4 Å². The van der Waals surface area contributed by atoms with Crippen LogP contribution in [0, 0.1) is 0 Å². The van der Waals surface area contributed by atoms with Crippen molar-refractivity contribution in [2.45, 2.75) is 24.6 Å². The molecule has 0 fully saturated rings. The molecule has 20 heavy (non-hydrogen) atoms. The number of hydrazone groups is 1. The van der Waals surface area contributed by atoms with Gasteiger partial charge in [-0.3, -0.25) is 4.79 Å². The first-order valence-corrected chi connectivity index (χ1v) is 7.52. The third-order valence-electron chi connectivity index (χ3n) is 3.29. The lowest BCUT2D eigenvalue weighted by molar-refractivity contribution is -0.134. The van der Waals surface area contributed by atoms with E-state index in [1.54, 1.807) is 5.01 Å². The Hall–Kier alpha value is -1.53. The van der Waals surface area contributed by atoms with E-state index in [-0.39, 0.29) is 5.91 Å². The minimum Gasteiger partial charge on any atom is -0.377 e. The van der Waals surface area contributed by atoms with Crippen molar-refractivity contribution < 1.29 is 4.79 Å². The molecule has 6 heteroatoms. The SMILES string of the molecule is CCC(=O)N1N=C(N)SC1(CCNC)c1ccccc1. The summed E-state index contributed by atoms with van der Waals surface area (Å²) in [5.74, 6) is -0.0158. The van der Waals surface area contributed by atoms with Crippen molar-refractivity contribution >= 4 is 22.8 Å². The fraction of sp³-hybridized carbons (Fsp3) is 0.429. The molecule has 1 atom stereocenters. The van der Waals surface area contributed by atoms with Crippen LogP contribution in [0.3, 0.4) is 0 Å². The molecule has 0 aliphatic carbocycles. The summed E-state index contributed by atoms with van der Waals surface area (Å²) in [5, 5.41) is 9.39. The number of benzene rings is 1. The Morgan fingerprint density at radius 1 is 1.45 bits per heavy atom. The van der Waals surface area contributed by atoms with Crippen LogP contribution in [0.25, 0.3) is 0 Å². The zero-order chi connectivity index (χ0) is 14.6. The molecule has 2 rings (SSSR count). The topological polar surface area (TPSA) is 70.7 Å². The van der Waals surface area contributed by atoms with E-state index in [0.717, 1.165) is 18.5 Å². The fourth-order valence-corrected chi connectivity index (χ4v) is 3.45. The van der Waals surface area contributed by atoms with E-state index in [1.165, 1.54) is 11.8 Å². The van der Waals surface area contributed by atoms with Crippen molar-refractivity contribution in [1.82, 2.24) is 10.3 Å². The van der Waals surface area contributed by atoms with Gasteiger partial charge in [-0.05, 0) is 25.6 Å². The van der Waals surface area contributed by atoms with Crippen molar-refractivity contribution in [2.24, 2.45) is 10.8 Å². The molecule has 0 radical (unpaired) electrons. The van der Waals surface area contributed by atoms with Crippen LogP contribution in [-0.2, 0) is 9.67 Å². The molecular formula is C14H20N4OS. The molecule has 1 amide bonds. The second-order valence-electron chi connectivity index (χ2n) is 4.60. The number of nitrogens with one attached hydrogen (secondary N) is 1. The van der Waals surface area contributed by atoms with Crippen LogP contribution in [0.4, 0.5) is 0 Å². The molecule has 1 aromatic rings. The Labute approximate surface area is 123 Å². The highest BCUT2D eigenvalue weighted by Crippen LogP contribution is 2.47. The summed E-state index contributed by atoms with van der Waals surface area (Å²) in [6.45, 7) is 2.61. The molecule has 0 spiro atoms. The monoisotopic (exact) mass is 292 g/mol. The lowest BCUT2D eigenvalue weighted by Crippen LogP contribution is -2.42. The number of amidine groups is 1. The number of hydrogen-bond donors (Lipinski definition) is 2. The summed E-state index contributed by atoms with van der Waals surface area (Å²) in [6, 6.07) is 9.95. The number of nitrogens with zero attached hydrogens (tertiary/aromatic N) is 2. The van der Waals surface area contributed by atoms with Crippen molar-refractivity contribution in [2.75, 3.05) is 13.6 Å². The number of thioether (sulfide) groups is 1. The zero-order valence-corrected chi connectivity index (χ0v) is 12.6. The maximum absolute atomic E-state index is 12.2. The molecule has 0 saturated carbocycles. The Morgan fingerprint density at radius 3 is 2.75 bits per heavy atom. The molecule has 1 heterocycles. The number of hydrogen-bond acceptors (Lipinski definition) is 5. The van der Waals surface area contributed by atoms with E-state index < -0.39 is 4.87 Å². The fourth-order valence-electron chi connectivity index (χ4n) is 2.30. The first-order valence-electron chi connectivity index (χ1n) is 6.70. The Kier molecular flexibility index (Phi) is 4.67. The van der Waals surface area contributed by atoms with Crippen LogP contribution in [0.1, 0.15) is 25.3 Å². The quantitative estimate of drug-likeness (QED) is 0.866. The Morgan fingerprint density at radius 2 is 2.15 bits per heavy atom. The van der Waals surface area contributed by atoms with Crippen molar-refractivity contribution in [3.05, 3.63) is 35.9 Å². The standard InChI is InChI=1S/C14H20N4OS/c1-3-12(19)18-14(9-10-16-2,20-13(15)17-18)11-7-5-4-6-8-11/h4-8,16H,3,9-10H2,1-2H3,(H2,15,17). The maximum atomic E-state index is 12.2. The van der Waals surface area contributed by atoms with Gasteiger partial charge in [0.05, 0.1) is 0 Å². The van der Waals surface area contributed by atoms with Crippen LogP contribution < -0.4 is 11.1 Å². The first kappa shape index (κ1) is 14.9. The zero-order valence-electron chi connectivity index (χ0n) is 11.8. The van der Waals surface area contributed by atoms with Crippen molar-refractivity contribution in [3.63, 3.8) is 0 Å². The average molecular weight is 292 g/mol. The molecule has 1 aliphatic heterocycles. The minimum atomic E-state index is -0.540. The lowest BCUT2D eigenvalue weighted by atomic mass is 10.0. The van der Waals surface area contributed by atoms with Gasteiger partial charge in [-0.1, -0.05) is 49.0 Å². The van der Waals surface area contributed by atoms with E-state index in [2.05, 4.69) is 10.4 Å². The Bertz CT molecular complexity index is 505. The molecule has 1 aromatic carbocycles. The summed E-state index contributed by atoms with van der Waals surface area (Å²) in [4.78, 5) is 11.7. The van der Waals surface area contributed by atoms with E-state index in [9.17, 15) is 4.79 Å². The van der Waals surface area contributed by atoms with Crippen LogP contribution in [-0.4, -0.2) is 29.7 Å². The normalized spacial score (nSPS) is 21.9. The van der Waals surface area contributed by atoms with Crippen molar-refractivity contribution in [1.29, 1.82) is 0 Å². The highest BCUT2D eigenvalue weighted by molar-refractivity contribution is 8.14. The van der Waals surface area contributed by atoms with E-state index >= 15 is 0 Å². The summed E-state index contributed by atoms with van der Waals surface area (Å²) in [6.07, 6.45) is 1.15. The highest BCUT2D eigenvalue weighted by Gasteiger charge is 2.46. The highest BCUT2D eigenvalue weighted by atomic mass is 32.2. The van der Waals surface area contributed by atoms with Gasteiger partial charge in [0.15, 0.2) is 5.17 Å². The largest absolute Gasteiger partial charge is 0.377 e.